The third kappa shape index (κ3) is 8.00. The van der Waals surface area contributed by atoms with E-state index in [0.29, 0.717) is 24.1 Å². The molecule has 0 atom stereocenters. The minimum atomic E-state index is -0.163. The van der Waals surface area contributed by atoms with Crippen molar-refractivity contribution < 1.29 is 13.2 Å². The molecule has 5 heteroatoms. The first kappa shape index (κ1) is 9.00. The molecule has 0 unspecified atom stereocenters. The van der Waals surface area contributed by atoms with Crippen molar-refractivity contribution in [1.29, 1.82) is 0 Å². The minimum absolute atomic E-state index is 0.163. The van der Waals surface area contributed by atoms with Gasteiger partial charge in [-0.3, -0.25) is 9.59 Å². The third-order valence-corrected chi connectivity index (χ3v) is 1.32. The van der Waals surface area contributed by atoms with E-state index in [1.54, 1.807) is 0 Å². The summed E-state index contributed by atoms with van der Waals surface area (Å²) in [5.41, 5.74) is 0. The zero-order chi connectivity index (χ0) is 7.28. The number of rotatable bonds is 2. The molecule has 0 saturated carbocycles. The molecule has 0 N–H and O–H groups in total. The molecule has 0 aliphatic heterocycles. The predicted molar refractivity (Wildman–Crippen MR) is 37.6 cm³/mol. The monoisotopic (exact) mass is 166 g/mol. The third-order valence-electron chi connectivity index (χ3n) is 0.303. The lowest BCUT2D eigenvalue weighted by molar-refractivity contribution is -0.109. The lowest BCUT2D eigenvalue weighted by atomic mass is 10.9. The lowest BCUT2D eigenvalue weighted by Crippen LogP contribution is -1.83. The van der Waals surface area contributed by atoms with Crippen molar-refractivity contribution >= 4 is 34.3 Å². The smallest absolute Gasteiger partial charge is 0.213 e. The normalized spacial score (nSPS) is 9.11. The molecule has 0 saturated heterocycles. The quantitative estimate of drug-likeness (QED) is 0.580. The van der Waals surface area contributed by atoms with Crippen molar-refractivity contribution in [3.63, 3.8) is 0 Å². The molecular formula is C4H6O3S2. The molecule has 0 aromatic heterocycles. The highest BCUT2D eigenvalue weighted by molar-refractivity contribution is 8.21. The Morgan fingerprint density at radius 2 is 1.44 bits per heavy atom. The van der Waals surface area contributed by atoms with Crippen LogP contribution in [0, 0.1) is 0 Å². The Morgan fingerprint density at radius 3 is 1.67 bits per heavy atom. The zero-order valence-electron chi connectivity index (χ0n) is 5.04. The van der Waals surface area contributed by atoms with Crippen LogP contribution in [0.5, 0.6) is 0 Å². The van der Waals surface area contributed by atoms with Crippen LogP contribution in [0.2, 0.25) is 0 Å². The topological polar surface area (TPSA) is 43.4 Å². The van der Waals surface area contributed by atoms with Crippen LogP contribution >= 0.6 is 24.1 Å². The van der Waals surface area contributed by atoms with Crippen molar-refractivity contribution in [1.82, 2.24) is 0 Å². The maximum absolute atomic E-state index is 10.1. The van der Waals surface area contributed by atoms with Crippen LogP contribution in [0.4, 0.5) is 0 Å². The first-order valence-electron chi connectivity index (χ1n) is 2.15. The molecule has 0 aromatic carbocycles. The standard InChI is InChI=1S/C4H6O3S2/c1-3(5)8-7-9-4(2)6/h1-2H3. The second-order valence-electron chi connectivity index (χ2n) is 1.22. The van der Waals surface area contributed by atoms with E-state index in [0.717, 1.165) is 0 Å². The van der Waals surface area contributed by atoms with E-state index in [1.807, 2.05) is 0 Å². The van der Waals surface area contributed by atoms with Crippen LogP contribution in [0.1, 0.15) is 13.8 Å². The van der Waals surface area contributed by atoms with Crippen molar-refractivity contribution in [3.05, 3.63) is 0 Å². The van der Waals surface area contributed by atoms with E-state index in [9.17, 15) is 9.59 Å². The van der Waals surface area contributed by atoms with Gasteiger partial charge in [-0.1, -0.05) is 0 Å². The van der Waals surface area contributed by atoms with Gasteiger partial charge in [0.25, 0.3) is 0 Å². The second-order valence-corrected chi connectivity index (χ2v) is 3.25. The summed E-state index contributed by atoms with van der Waals surface area (Å²) in [6, 6.07) is 0. The van der Waals surface area contributed by atoms with E-state index in [1.165, 1.54) is 13.8 Å². The molecule has 0 fully saturated rings. The molecule has 0 radical (unpaired) electrons. The number of carbonyl (C=O) groups excluding carboxylic acids is 2. The Labute approximate surface area is 61.9 Å². The first-order valence-corrected chi connectivity index (χ1v) is 3.63. The van der Waals surface area contributed by atoms with Crippen molar-refractivity contribution in [2.24, 2.45) is 0 Å². The fraction of sp³-hybridized carbons (Fsp3) is 0.500. The van der Waals surface area contributed by atoms with Gasteiger partial charge in [0.15, 0.2) is 0 Å². The van der Waals surface area contributed by atoms with Crippen molar-refractivity contribution in [2.75, 3.05) is 0 Å². The van der Waals surface area contributed by atoms with Gasteiger partial charge in [0, 0.05) is 13.8 Å². The SMILES string of the molecule is CC(=O)SOSC(C)=O. The lowest BCUT2D eigenvalue weighted by Gasteiger charge is -1.90. The summed E-state index contributed by atoms with van der Waals surface area (Å²) < 4.78 is 4.49. The summed E-state index contributed by atoms with van der Waals surface area (Å²) >= 11 is 1.33. The highest BCUT2D eigenvalue weighted by Crippen LogP contribution is 2.15. The van der Waals surface area contributed by atoms with Crippen molar-refractivity contribution in [3.8, 4) is 0 Å². The summed E-state index contributed by atoms with van der Waals surface area (Å²) in [5.74, 6) is 0. The fourth-order valence-corrected chi connectivity index (χ4v) is 1.02. The molecule has 0 heterocycles. The van der Waals surface area contributed by atoms with E-state index in [2.05, 4.69) is 3.63 Å². The fourth-order valence-electron chi connectivity index (χ4n) is 0.113. The van der Waals surface area contributed by atoms with Crippen LogP contribution in [0.15, 0.2) is 0 Å². The van der Waals surface area contributed by atoms with Crippen LogP contribution < -0.4 is 0 Å². The van der Waals surface area contributed by atoms with Gasteiger partial charge in [-0.05, 0) is 0 Å². The van der Waals surface area contributed by atoms with Crippen molar-refractivity contribution in [2.45, 2.75) is 13.8 Å². The summed E-state index contributed by atoms with van der Waals surface area (Å²) in [5, 5.41) is -0.326. The molecule has 0 aromatic rings. The summed E-state index contributed by atoms with van der Waals surface area (Å²) in [6.45, 7) is 2.73. The van der Waals surface area contributed by atoms with E-state index in [-0.39, 0.29) is 10.2 Å². The maximum Gasteiger partial charge on any atom is 0.213 e. The van der Waals surface area contributed by atoms with Crippen LogP contribution in [0.25, 0.3) is 0 Å². The van der Waals surface area contributed by atoms with Gasteiger partial charge >= 0.3 is 0 Å². The second kappa shape index (κ2) is 4.84. The van der Waals surface area contributed by atoms with E-state index >= 15 is 0 Å². The Hall–Kier alpha value is -0.0000000000000000555. The molecule has 0 rings (SSSR count). The average molecular weight is 166 g/mol. The highest BCUT2D eigenvalue weighted by Gasteiger charge is 1.97. The Balaban J connectivity index is 3.10. The largest absolute Gasteiger partial charge is 0.285 e. The zero-order valence-corrected chi connectivity index (χ0v) is 6.67. The molecule has 52 valence electrons. The Bertz CT molecular complexity index is 109. The molecule has 0 aliphatic rings. The highest BCUT2D eigenvalue weighted by atomic mass is 32.2. The molecular weight excluding hydrogens is 160 g/mol. The molecule has 0 aliphatic carbocycles. The molecule has 0 bridgehead atoms. The van der Waals surface area contributed by atoms with Crippen LogP contribution in [-0.4, -0.2) is 10.2 Å². The van der Waals surface area contributed by atoms with Gasteiger partial charge in [0.05, 0.1) is 24.1 Å². The van der Waals surface area contributed by atoms with Crippen LogP contribution in [0.3, 0.4) is 0 Å². The molecule has 0 amide bonds. The molecule has 9 heavy (non-hydrogen) atoms. The Kier molecular flexibility index (Phi) is 4.84. The molecule has 3 nitrogen and oxygen atoms in total. The van der Waals surface area contributed by atoms with Gasteiger partial charge in [-0.2, -0.15) is 0 Å². The molecule has 0 spiro atoms. The summed E-state index contributed by atoms with van der Waals surface area (Å²) in [6.07, 6.45) is 0. The number of hydrogen-bond donors (Lipinski definition) is 0. The summed E-state index contributed by atoms with van der Waals surface area (Å²) in [4.78, 5) is 20.3. The van der Waals surface area contributed by atoms with Gasteiger partial charge < -0.3 is 0 Å². The number of carbonyl (C=O) groups is 2. The van der Waals surface area contributed by atoms with Gasteiger partial charge in [-0.15, -0.1) is 0 Å². The number of hydrogen-bond acceptors (Lipinski definition) is 5. The minimum Gasteiger partial charge on any atom is -0.285 e. The van der Waals surface area contributed by atoms with Crippen LogP contribution in [-0.2, 0) is 13.2 Å². The predicted octanol–water partition coefficient (Wildman–Crippen LogP) is 1.39. The average Bonchev–Trinajstić information content (AvgIpc) is 1.63. The Morgan fingerprint density at radius 1 is 1.11 bits per heavy atom. The first-order chi connectivity index (χ1) is 4.13. The van der Waals surface area contributed by atoms with Gasteiger partial charge in [0.2, 0.25) is 10.2 Å². The van der Waals surface area contributed by atoms with E-state index < -0.39 is 0 Å². The van der Waals surface area contributed by atoms with E-state index in [4.69, 9.17) is 0 Å². The van der Waals surface area contributed by atoms with Gasteiger partial charge in [-0.25, -0.2) is 3.63 Å². The van der Waals surface area contributed by atoms with Gasteiger partial charge in [0.1, 0.15) is 0 Å². The summed E-state index contributed by atoms with van der Waals surface area (Å²) in [7, 11) is 0. The maximum atomic E-state index is 10.1.